The molecule has 13 nitrogen and oxygen atoms in total. The molecule has 236 valence electrons. The number of amides is 4. The van der Waals surface area contributed by atoms with Gasteiger partial charge < -0.3 is 24.1 Å². The van der Waals surface area contributed by atoms with Gasteiger partial charge in [0.1, 0.15) is 29.9 Å². The van der Waals surface area contributed by atoms with Gasteiger partial charge in [-0.3, -0.25) is 9.74 Å². The third kappa shape index (κ3) is 8.37. The molecule has 0 radical (unpaired) electrons. The molecule has 1 N–H and O–H groups in total. The maximum absolute atomic E-state index is 13.1. The first-order valence-corrected chi connectivity index (χ1v) is 14.8. The van der Waals surface area contributed by atoms with Gasteiger partial charge in [0.15, 0.2) is 0 Å². The second-order valence-electron chi connectivity index (χ2n) is 12.8. The Balaban J connectivity index is 0.000000410. The molecule has 43 heavy (non-hydrogen) atoms. The Labute approximate surface area is 252 Å². The van der Waals surface area contributed by atoms with Crippen LogP contribution in [0.3, 0.4) is 0 Å². The molecular weight excluding hydrogens is 556 g/mol. The van der Waals surface area contributed by atoms with Crippen molar-refractivity contribution in [3.63, 3.8) is 0 Å². The van der Waals surface area contributed by atoms with Gasteiger partial charge in [-0.25, -0.2) is 14.4 Å². The molecular formula is C30H44N6O7. The number of hydrogen-bond donors (Lipinski definition) is 1. The zero-order chi connectivity index (χ0) is 31.4. The predicted molar refractivity (Wildman–Crippen MR) is 155 cm³/mol. The number of nitrogens with one attached hydrogen (secondary N) is 1. The lowest BCUT2D eigenvalue weighted by atomic mass is 10.0. The van der Waals surface area contributed by atoms with Crippen molar-refractivity contribution < 1.29 is 33.1 Å². The van der Waals surface area contributed by atoms with Crippen LogP contribution in [0.5, 0.6) is 0 Å². The van der Waals surface area contributed by atoms with Gasteiger partial charge in [0.05, 0.1) is 6.04 Å². The van der Waals surface area contributed by atoms with Crippen LogP contribution in [-0.2, 0) is 20.9 Å². The van der Waals surface area contributed by atoms with Gasteiger partial charge in [-0.05, 0) is 72.8 Å². The van der Waals surface area contributed by atoms with Gasteiger partial charge in [-0.2, -0.15) is 5.06 Å². The van der Waals surface area contributed by atoms with Gasteiger partial charge in [-0.15, -0.1) is 10.2 Å². The van der Waals surface area contributed by atoms with E-state index >= 15 is 0 Å². The minimum absolute atomic E-state index is 0.00680. The Morgan fingerprint density at radius 1 is 0.953 bits per heavy atom. The van der Waals surface area contributed by atoms with Gasteiger partial charge in [-0.1, -0.05) is 30.3 Å². The lowest BCUT2D eigenvalue weighted by molar-refractivity contribution is -0.140. The second-order valence-corrected chi connectivity index (χ2v) is 12.8. The summed E-state index contributed by atoms with van der Waals surface area (Å²) >= 11 is 0. The van der Waals surface area contributed by atoms with E-state index in [4.69, 9.17) is 18.7 Å². The fourth-order valence-corrected chi connectivity index (χ4v) is 5.18. The lowest BCUT2D eigenvalue weighted by Gasteiger charge is -2.28. The van der Waals surface area contributed by atoms with E-state index in [1.807, 2.05) is 71.9 Å². The highest BCUT2D eigenvalue weighted by molar-refractivity contribution is 5.77. The first-order valence-electron chi connectivity index (χ1n) is 14.8. The van der Waals surface area contributed by atoms with Crippen molar-refractivity contribution in [1.82, 2.24) is 30.4 Å². The van der Waals surface area contributed by atoms with Crippen LogP contribution < -0.4 is 5.32 Å². The van der Waals surface area contributed by atoms with Crippen molar-refractivity contribution in [2.75, 3.05) is 20.1 Å². The maximum atomic E-state index is 13.1. The van der Waals surface area contributed by atoms with E-state index < -0.39 is 5.60 Å². The molecule has 0 aliphatic carbocycles. The summed E-state index contributed by atoms with van der Waals surface area (Å²) in [5, 5.41) is 12.4. The number of likely N-dealkylation sites (tertiary alicyclic amines) is 1. The Hall–Kier alpha value is -3.87. The van der Waals surface area contributed by atoms with Gasteiger partial charge in [0.25, 0.3) is 0 Å². The maximum Gasteiger partial charge on any atom is 0.410 e. The molecule has 0 saturated carbocycles. The number of benzene rings is 1. The number of nitrogens with zero attached hydrogens (tertiary/aromatic N) is 5. The molecule has 2 bridgehead atoms. The molecule has 3 saturated heterocycles. The third-order valence-corrected chi connectivity index (χ3v) is 7.05. The average molecular weight is 601 g/mol. The van der Waals surface area contributed by atoms with E-state index in [0.29, 0.717) is 37.9 Å². The van der Waals surface area contributed by atoms with Crippen LogP contribution in [0, 0.1) is 0 Å². The summed E-state index contributed by atoms with van der Waals surface area (Å²) in [6.07, 6.45) is 2.30. The molecule has 5 rings (SSSR count). The summed E-state index contributed by atoms with van der Waals surface area (Å²) < 4.78 is 16.4. The first-order chi connectivity index (χ1) is 20.3. The van der Waals surface area contributed by atoms with Crippen LogP contribution >= 0.6 is 0 Å². The number of fused-ring (bicyclic) bond motifs is 2. The van der Waals surface area contributed by atoms with E-state index in [0.717, 1.165) is 24.8 Å². The molecule has 3 aliphatic heterocycles. The van der Waals surface area contributed by atoms with Gasteiger partial charge in [0, 0.05) is 20.1 Å². The van der Waals surface area contributed by atoms with Crippen LogP contribution in [0.2, 0.25) is 0 Å². The Morgan fingerprint density at radius 2 is 1.60 bits per heavy atom. The van der Waals surface area contributed by atoms with Crippen LogP contribution in [0.15, 0.2) is 34.7 Å². The van der Waals surface area contributed by atoms with Crippen molar-refractivity contribution in [3.8, 4) is 0 Å². The quantitative estimate of drug-likeness (QED) is 0.481. The van der Waals surface area contributed by atoms with Crippen molar-refractivity contribution in [1.29, 1.82) is 0 Å². The highest BCUT2D eigenvalue weighted by atomic mass is 16.7. The third-order valence-electron chi connectivity index (χ3n) is 7.05. The van der Waals surface area contributed by atoms with Crippen molar-refractivity contribution in [3.05, 3.63) is 47.7 Å². The number of piperidine rings is 1. The monoisotopic (exact) mass is 600 g/mol. The number of hydroxylamine groups is 2. The standard InChI is InChI=1S/C24H31N5O5.C6H13NO2/c1-24(2,3)34-23(31)27-13-7-10-18(27)20-25-26-21(33-20)19-12-11-17-14-28(19)22(30)29(17)32-15-16-8-5-4-6-9-16;1-6(2,3)9-5(8)7-4/h4-6,8-9,17-19H,7,10-15H2,1-3H3;1-4H3,(H,7,8)/t17?,18-,19-;/m0./s1. The summed E-state index contributed by atoms with van der Waals surface area (Å²) in [6.45, 7) is 12.5. The van der Waals surface area contributed by atoms with E-state index in [1.165, 1.54) is 12.1 Å². The minimum Gasteiger partial charge on any atom is -0.444 e. The number of carbonyl (C=O) groups excluding carboxylic acids is 3. The molecule has 3 aliphatic rings. The fraction of sp³-hybridized carbons (Fsp3) is 0.633. The summed E-state index contributed by atoms with van der Waals surface area (Å²) in [5.74, 6) is 0.798. The van der Waals surface area contributed by atoms with E-state index in [-0.39, 0.29) is 41.9 Å². The van der Waals surface area contributed by atoms with Crippen molar-refractivity contribution >= 4 is 18.2 Å². The van der Waals surface area contributed by atoms with E-state index in [1.54, 1.807) is 9.80 Å². The zero-order valence-corrected chi connectivity index (χ0v) is 26.2. The normalized spacial score (nSPS) is 21.8. The van der Waals surface area contributed by atoms with E-state index in [2.05, 4.69) is 15.5 Å². The van der Waals surface area contributed by atoms with Crippen molar-refractivity contribution in [2.45, 2.75) is 103 Å². The van der Waals surface area contributed by atoms with Gasteiger partial charge >= 0.3 is 18.2 Å². The molecule has 4 amide bonds. The largest absolute Gasteiger partial charge is 0.444 e. The van der Waals surface area contributed by atoms with Crippen LogP contribution in [0.4, 0.5) is 14.4 Å². The zero-order valence-electron chi connectivity index (χ0n) is 26.2. The van der Waals surface area contributed by atoms with Gasteiger partial charge in [0.2, 0.25) is 11.8 Å². The van der Waals surface area contributed by atoms with Crippen LogP contribution in [0.25, 0.3) is 0 Å². The minimum atomic E-state index is -0.576. The lowest BCUT2D eigenvalue weighted by Crippen LogP contribution is -2.36. The van der Waals surface area contributed by atoms with E-state index in [9.17, 15) is 14.4 Å². The molecule has 0 spiro atoms. The molecule has 13 heteroatoms. The Kier molecular flexibility index (Phi) is 9.83. The van der Waals surface area contributed by atoms with Crippen LogP contribution in [0.1, 0.15) is 96.7 Å². The highest BCUT2D eigenvalue weighted by Crippen LogP contribution is 2.40. The smallest absolute Gasteiger partial charge is 0.410 e. The summed E-state index contributed by atoms with van der Waals surface area (Å²) in [6, 6.07) is 9.00. The number of rotatable bonds is 5. The summed E-state index contributed by atoms with van der Waals surface area (Å²) in [5.41, 5.74) is 0.0454. The number of urea groups is 1. The SMILES string of the molecule is CC(C)(C)OC(=O)N1CCC[C@H]1c1nnc([C@@H]2CCC3CN2C(=O)N3OCc2ccccc2)o1.CNC(=O)OC(C)(C)C. The molecule has 1 unspecified atom stereocenters. The first kappa shape index (κ1) is 32.1. The molecule has 4 heterocycles. The topological polar surface area (TPSA) is 140 Å². The highest BCUT2D eigenvalue weighted by Gasteiger charge is 2.48. The summed E-state index contributed by atoms with van der Waals surface area (Å²) in [4.78, 5) is 45.5. The Morgan fingerprint density at radius 3 is 2.21 bits per heavy atom. The molecule has 1 aromatic heterocycles. The number of carbonyl (C=O) groups is 3. The predicted octanol–water partition coefficient (Wildman–Crippen LogP) is 5.36. The molecule has 2 aromatic rings. The van der Waals surface area contributed by atoms with Crippen LogP contribution in [-0.4, -0.2) is 80.7 Å². The average Bonchev–Trinajstić information content (AvgIpc) is 3.66. The molecule has 3 atom stereocenters. The number of hydrogen-bond acceptors (Lipinski definition) is 9. The number of ether oxygens (including phenoxy) is 2. The molecule has 3 fully saturated rings. The fourth-order valence-electron chi connectivity index (χ4n) is 5.18. The molecule has 1 aromatic carbocycles. The Bertz CT molecular complexity index is 1260. The number of aromatic nitrogens is 2. The second kappa shape index (κ2) is 13.2. The summed E-state index contributed by atoms with van der Waals surface area (Å²) in [7, 11) is 1.54. The van der Waals surface area contributed by atoms with Crippen molar-refractivity contribution in [2.24, 2.45) is 0 Å². The number of alkyl carbamates (subject to hydrolysis) is 1.